The van der Waals surface area contributed by atoms with Crippen molar-refractivity contribution in [3.8, 4) is 17.1 Å². The summed E-state index contributed by atoms with van der Waals surface area (Å²) in [5.74, 6) is 0.709. The molecule has 0 fully saturated rings. The summed E-state index contributed by atoms with van der Waals surface area (Å²) in [6.07, 6.45) is -3.69. The predicted octanol–water partition coefficient (Wildman–Crippen LogP) is 7.24. The van der Waals surface area contributed by atoms with Crippen LogP contribution in [0, 0.1) is 5.92 Å². The van der Waals surface area contributed by atoms with Gasteiger partial charge in [0.05, 0.1) is 12.0 Å². The molecule has 1 aromatic heterocycles. The highest BCUT2D eigenvalue weighted by atomic mass is 19.4. The van der Waals surface area contributed by atoms with Gasteiger partial charge in [-0.2, -0.15) is 13.2 Å². The molecule has 2 aromatic carbocycles. The molecule has 38 heavy (non-hydrogen) atoms. The Labute approximate surface area is 220 Å². The summed E-state index contributed by atoms with van der Waals surface area (Å²) in [6, 6.07) is 13.3. The Bertz CT molecular complexity index is 1230. The van der Waals surface area contributed by atoms with Gasteiger partial charge in [-0.3, -0.25) is 9.59 Å². The van der Waals surface area contributed by atoms with Gasteiger partial charge < -0.3 is 19.2 Å². The number of halogens is 3. The number of carbonyl (C=O) groups excluding carboxylic acids is 1. The summed E-state index contributed by atoms with van der Waals surface area (Å²) >= 11 is 0. The molecule has 1 N–H and O–H groups in total. The van der Waals surface area contributed by atoms with Gasteiger partial charge in [-0.15, -0.1) is 0 Å². The Morgan fingerprint density at radius 3 is 2.21 bits per heavy atom. The average Bonchev–Trinajstić information content (AvgIpc) is 3.31. The fourth-order valence-electron chi connectivity index (χ4n) is 4.05. The van der Waals surface area contributed by atoms with Crippen LogP contribution in [0.5, 0.6) is 5.75 Å². The van der Waals surface area contributed by atoms with Gasteiger partial charge in [0.25, 0.3) is 5.91 Å². The highest BCUT2D eigenvalue weighted by molar-refractivity contribution is 5.94. The Hall–Kier alpha value is -3.75. The smallest absolute Gasteiger partial charge is 0.416 e. The van der Waals surface area contributed by atoms with E-state index in [1.807, 2.05) is 13.0 Å². The molecule has 6 nitrogen and oxygen atoms in total. The lowest BCUT2D eigenvalue weighted by molar-refractivity contribution is -0.138. The number of rotatable bonds is 11. The van der Waals surface area contributed by atoms with Gasteiger partial charge in [0, 0.05) is 36.7 Å². The van der Waals surface area contributed by atoms with E-state index in [-0.39, 0.29) is 30.9 Å². The first-order chi connectivity index (χ1) is 17.9. The quantitative estimate of drug-likeness (QED) is 0.282. The van der Waals surface area contributed by atoms with Gasteiger partial charge >= 0.3 is 12.1 Å². The number of benzene rings is 2. The second kappa shape index (κ2) is 12.2. The number of furan rings is 1. The molecular formula is C29H32F3NO5. The first-order valence-corrected chi connectivity index (χ1v) is 12.4. The lowest BCUT2D eigenvalue weighted by atomic mass is 9.98. The van der Waals surface area contributed by atoms with Crippen molar-refractivity contribution in [3.63, 3.8) is 0 Å². The van der Waals surface area contributed by atoms with E-state index in [2.05, 4.69) is 13.8 Å². The number of nitrogens with zero attached hydrogens (tertiary/aromatic N) is 1. The van der Waals surface area contributed by atoms with Gasteiger partial charge in [-0.05, 0) is 54.8 Å². The van der Waals surface area contributed by atoms with Crippen LogP contribution in [0.1, 0.15) is 67.0 Å². The van der Waals surface area contributed by atoms with E-state index in [1.165, 1.54) is 17.0 Å². The molecule has 1 unspecified atom stereocenters. The van der Waals surface area contributed by atoms with Crippen molar-refractivity contribution < 1.29 is 37.0 Å². The molecule has 1 amide bonds. The summed E-state index contributed by atoms with van der Waals surface area (Å²) in [5.41, 5.74) is 1.05. The number of carboxylic acid groups (broad SMARTS) is 1. The molecule has 0 bridgehead atoms. The molecule has 9 heteroatoms. The van der Waals surface area contributed by atoms with E-state index in [0.29, 0.717) is 41.2 Å². The number of aryl methyl sites for hydroxylation is 1. The average molecular weight is 532 g/mol. The third-order valence-corrected chi connectivity index (χ3v) is 6.08. The van der Waals surface area contributed by atoms with Crippen LogP contribution in [-0.2, 0) is 17.4 Å². The van der Waals surface area contributed by atoms with Crippen molar-refractivity contribution >= 4 is 11.9 Å². The van der Waals surface area contributed by atoms with E-state index >= 15 is 0 Å². The molecule has 0 saturated carbocycles. The molecule has 1 heterocycles. The highest BCUT2D eigenvalue weighted by Gasteiger charge is 2.30. The van der Waals surface area contributed by atoms with E-state index in [4.69, 9.17) is 14.3 Å². The minimum atomic E-state index is -4.41. The van der Waals surface area contributed by atoms with Crippen LogP contribution in [0.25, 0.3) is 11.3 Å². The number of carboxylic acids is 1. The molecule has 0 aliphatic carbocycles. The van der Waals surface area contributed by atoms with Crippen LogP contribution >= 0.6 is 0 Å². The molecule has 0 spiro atoms. The summed E-state index contributed by atoms with van der Waals surface area (Å²) < 4.78 is 51.3. The summed E-state index contributed by atoms with van der Waals surface area (Å²) in [4.78, 5) is 24.7. The fraction of sp³-hybridized carbons (Fsp3) is 0.379. The van der Waals surface area contributed by atoms with Crippen molar-refractivity contribution in [2.75, 3.05) is 13.6 Å². The van der Waals surface area contributed by atoms with Crippen molar-refractivity contribution in [3.05, 3.63) is 77.0 Å². The zero-order valence-electron chi connectivity index (χ0n) is 21.8. The van der Waals surface area contributed by atoms with E-state index < -0.39 is 17.7 Å². The third-order valence-electron chi connectivity index (χ3n) is 6.08. The normalized spacial score (nSPS) is 12.4. The third kappa shape index (κ3) is 7.40. The first-order valence-electron chi connectivity index (χ1n) is 12.4. The predicted molar refractivity (Wildman–Crippen MR) is 137 cm³/mol. The number of alkyl halides is 3. The van der Waals surface area contributed by atoms with Crippen LogP contribution in [-0.4, -0.2) is 35.5 Å². The Morgan fingerprint density at radius 1 is 1.05 bits per heavy atom. The number of amides is 1. The summed E-state index contributed by atoms with van der Waals surface area (Å²) in [6.45, 7) is 6.16. The standard InChI is InChI=1S/C29H32F3NO5/c1-5-24-23(17-25(38-24)19-6-10-21(11-7-19)29(30,31)32)26(16-18(2)3)37-22-12-8-20(9-13-22)28(36)33(4)15-14-27(34)35/h6-13,17-18,26H,5,14-16H2,1-4H3,(H,34,35). The van der Waals surface area contributed by atoms with Gasteiger partial charge in [-0.25, -0.2) is 0 Å². The number of carbonyl (C=O) groups is 2. The lowest BCUT2D eigenvalue weighted by Crippen LogP contribution is -2.28. The van der Waals surface area contributed by atoms with Crippen LogP contribution in [0.2, 0.25) is 0 Å². The Kier molecular flexibility index (Phi) is 9.25. The van der Waals surface area contributed by atoms with Gasteiger partial charge in [0.1, 0.15) is 23.4 Å². The van der Waals surface area contributed by atoms with Gasteiger partial charge in [0.2, 0.25) is 0 Å². The van der Waals surface area contributed by atoms with E-state index in [1.54, 1.807) is 31.3 Å². The van der Waals surface area contributed by atoms with Crippen molar-refractivity contribution in [2.24, 2.45) is 5.92 Å². The number of ether oxygens (including phenoxy) is 1. The second-order valence-corrected chi connectivity index (χ2v) is 9.55. The topological polar surface area (TPSA) is 80.0 Å². The van der Waals surface area contributed by atoms with E-state index in [0.717, 1.165) is 17.7 Å². The lowest BCUT2D eigenvalue weighted by Gasteiger charge is -2.21. The molecule has 3 aromatic rings. The fourth-order valence-corrected chi connectivity index (χ4v) is 4.05. The Balaban J connectivity index is 1.83. The maximum atomic E-state index is 13.0. The minimum Gasteiger partial charge on any atom is -0.486 e. The second-order valence-electron chi connectivity index (χ2n) is 9.55. The van der Waals surface area contributed by atoms with E-state index in [9.17, 15) is 22.8 Å². The van der Waals surface area contributed by atoms with Gasteiger partial charge in [-0.1, -0.05) is 32.9 Å². The van der Waals surface area contributed by atoms with Crippen molar-refractivity contribution in [1.29, 1.82) is 0 Å². The van der Waals surface area contributed by atoms with Crippen molar-refractivity contribution in [1.82, 2.24) is 4.90 Å². The number of hydrogen-bond acceptors (Lipinski definition) is 4. The van der Waals surface area contributed by atoms with Crippen LogP contribution < -0.4 is 4.74 Å². The zero-order chi connectivity index (χ0) is 28.0. The summed E-state index contributed by atoms with van der Waals surface area (Å²) in [5, 5.41) is 8.83. The molecule has 0 aliphatic heterocycles. The zero-order valence-corrected chi connectivity index (χ0v) is 21.8. The maximum absolute atomic E-state index is 13.0. The van der Waals surface area contributed by atoms with Crippen molar-refractivity contribution in [2.45, 2.75) is 52.3 Å². The largest absolute Gasteiger partial charge is 0.486 e. The molecule has 3 rings (SSSR count). The molecule has 0 radical (unpaired) electrons. The molecule has 0 aliphatic rings. The molecule has 0 saturated heterocycles. The van der Waals surface area contributed by atoms with Crippen LogP contribution in [0.3, 0.4) is 0 Å². The maximum Gasteiger partial charge on any atom is 0.416 e. The van der Waals surface area contributed by atoms with Crippen LogP contribution in [0.4, 0.5) is 13.2 Å². The summed E-state index contributed by atoms with van der Waals surface area (Å²) in [7, 11) is 1.55. The van der Waals surface area contributed by atoms with Gasteiger partial charge in [0.15, 0.2) is 0 Å². The molecular weight excluding hydrogens is 499 g/mol. The monoisotopic (exact) mass is 531 g/mol. The first kappa shape index (κ1) is 28.8. The molecule has 1 atom stereocenters. The minimum absolute atomic E-state index is 0.102. The number of aliphatic carboxylic acids is 1. The van der Waals surface area contributed by atoms with Crippen LogP contribution in [0.15, 0.2) is 59.0 Å². The highest BCUT2D eigenvalue weighted by Crippen LogP contribution is 2.37. The SMILES string of the molecule is CCc1oc(-c2ccc(C(F)(F)F)cc2)cc1C(CC(C)C)Oc1ccc(C(=O)N(C)CCC(=O)O)cc1. The Morgan fingerprint density at radius 2 is 1.68 bits per heavy atom. The molecule has 204 valence electrons. The number of hydrogen-bond donors (Lipinski definition) is 1.